The van der Waals surface area contributed by atoms with Crippen LogP contribution in [0.5, 0.6) is 0 Å². The molecule has 0 saturated carbocycles. The Hall–Kier alpha value is -3.58. The quantitative estimate of drug-likeness (QED) is 0.0152. The van der Waals surface area contributed by atoms with Gasteiger partial charge >= 0.3 is 11.9 Å². The summed E-state index contributed by atoms with van der Waals surface area (Å²) in [7, 11) is 0. The third-order valence-electron chi connectivity index (χ3n) is 11.1. The number of unbranched alkanes of at least 4 members (excludes halogenated alkanes) is 8. The van der Waals surface area contributed by atoms with Gasteiger partial charge in [-0.15, -0.1) is 0 Å². The van der Waals surface area contributed by atoms with E-state index in [1.165, 1.54) is 0 Å². The molecule has 0 aromatic carbocycles. The van der Waals surface area contributed by atoms with E-state index >= 15 is 0 Å². The zero-order valence-corrected chi connectivity index (χ0v) is 40.5. The summed E-state index contributed by atoms with van der Waals surface area (Å²) in [6.07, 6.45) is 31.5. The van der Waals surface area contributed by atoms with E-state index < -0.39 is 99.3 Å². The Kier molecular flexibility index (Phi) is 34.9. The number of carbonyl (C=O) groups is 2. The van der Waals surface area contributed by atoms with Gasteiger partial charge in [-0.2, -0.15) is 0 Å². The molecule has 2 aliphatic heterocycles. The molecule has 2 aliphatic rings. The lowest BCUT2D eigenvalue weighted by Crippen LogP contribution is -2.61. The summed E-state index contributed by atoms with van der Waals surface area (Å²) in [4.78, 5) is 25.7. The van der Waals surface area contributed by atoms with E-state index in [1.807, 2.05) is 24.3 Å². The zero-order valence-electron chi connectivity index (χ0n) is 40.5. The van der Waals surface area contributed by atoms with Crippen LogP contribution in [0.4, 0.5) is 0 Å². The molecule has 68 heavy (non-hydrogen) atoms. The number of hydrogen-bond donors (Lipinski definition) is 7. The van der Waals surface area contributed by atoms with Gasteiger partial charge in [0.2, 0.25) is 0 Å². The first-order chi connectivity index (χ1) is 33.0. The van der Waals surface area contributed by atoms with Crippen molar-refractivity contribution in [1.29, 1.82) is 0 Å². The van der Waals surface area contributed by atoms with Crippen molar-refractivity contribution in [1.82, 2.24) is 0 Å². The van der Waals surface area contributed by atoms with Gasteiger partial charge in [-0.25, -0.2) is 0 Å². The van der Waals surface area contributed by atoms with E-state index in [1.54, 1.807) is 0 Å². The van der Waals surface area contributed by atoms with E-state index in [-0.39, 0.29) is 19.4 Å². The van der Waals surface area contributed by atoms with Crippen LogP contribution in [0.3, 0.4) is 0 Å². The van der Waals surface area contributed by atoms with Crippen molar-refractivity contribution < 1.29 is 73.8 Å². The van der Waals surface area contributed by atoms with Gasteiger partial charge in [-0.1, -0.05) is 137 Å². The Morgan fingerprint density at radius 2 is 0.956 bits per heavy atom. The molecule has 15 nitrogen and oxygen atoms in total. The number of ether oxygens (including phenoxy) is 6. The van der Waals surface area contributed by atoms with Crippen LogP contribution in [0.25, 0.3) is 0 Å². The monoisotopic (exact) mass is 961 g/mol. The SMILES string of the molecule is CC/C=C/C=C/C=C/CCCCCCCC(=O)OC(COC(=O)CCCCC/C=C/C/C=C/C/C=C/C/C=C/C/C=C/CC)CO[C@@H]1O[C@H](CO[C@@H]2O[C@H](CO)[C@H](O)C(O)C2O)[C@H](O)C(O)C1O. The molecule has 5 unspecified atom stereocenters. The summed E-state index contributed by atoms with van der Waals surface area (Å²) in [5.41, 5.74) is 0. The van der Waals surface area contributed by atoms with Gasteiger partial charge in [-0.3, -0.25) is 9.59 Å². The molecule has 0 amide bonds. The summed E-state index contributed by atoms with van der Waals surface area (Å²) in [6.45, 7) is 2.25. The lowest BCUT2D eigenvalue weighted by Gasteiger charge is -2.42. The Balaban J connectivity index is 1.84. The summed E-state index contributed by atoms with van der Waals surface area (Å²) >= 11 is 0. The van der Waals surface area contributed by atoms with Crippen LogP contribution in [0.1, 0.15) is 129 Å². The molecule has 0 aromatic rings. The number of hydrogen-bond acceptors (Lipinski definition) is 15. The number of aliphatic hydroxyl groups excluding tert-OH is 7. The minimum absolute atomic E-state index is 0.128. The second-order valence-corrected chi connectivity index (χ2v) is 16.9. The highest BCUT2D eigenvalue weighted by Crippen LogP contribution is 2.26. The molecule has 2 fully saturated rings. The van der Waals surface area contributed by atoms with Crippen LogP contribution in [0, 0.1) is 0 Å². The molecule has 0 spiro atoms. The van der Waals surface area contributed by atoms with Gasteiger partial charge in [0, 0.05) is 12.8 Å². The van der Waals surface area contributed by atoms with Crippen molar-refractivity contribution in [2.75, 3.05) is 26.4 Å². The predicted molar refractivity (Wildman–Crippen MR) is 261 cm³/mol. The normalized spacial score (nSPS) is 26.6. The molecule has 15 heteroatoms. The van der Waals surface area contributed by atoms with Crippen molar-refractivity contribution in [3.05, 3.63) is 97.2 Å². The highest BCUT2D eigenvalue weighted by atomic mass is 16.7. The highest BCUT2D eigenvalue weighted by Gasteiger charge is 2.47. The average Bonchev–Trinajstić information content (AvgIpc) is 3.33. The molecule has 11 atom stereocenters. The Morgan fingerprint density at radius 3 is 1.56 bits per heavy atom. The molecule has 0 aliphatic carbocycles. The zero-order chi connectivity index (χ0) is 49.6. The van der Waals surface area contributed by atoms with Gasteiger partial charge in [0.05, 0.1) is 19.8 Å². The fourth-order valence-corrected chi connectivity index (χ4v) is 7.06. The summed E-state index contributed by atoms with van der Waals surface area (Å²) in [6, 6.07) is 0. The Bertz CT molecular complexity index is 1550. The second kappa shape index (κ2) is 39.2. The molecule has 386 valence electrons. The maximum atomic E-state index is 13.0. The molecule has 0 aromatic heterocycles. The van der Waals surface area contributed by atoms with Crippen molar-refractivity contribution in [2.45, 2.75) is 197 Å². The van der Waals surface area contributed by atoms with Gasteiger partial charge in [0.1, 0.15) is 55.4 Å². The van der Waals surface area contributed by atoms with E-state index in [0.29, 0.717) is 12.8 Å². The number of esters is 2. The van der Waals surface area contributed by atoms with Crippen LogP contribution in [0.15, 0.2) is 97.2 Å². The van der Waals surface area contributed by atoms with Crippen molar-refractivity contribution >= 4 is 11.9 Å². The van der Waals surface area contributed by atoms with Crippen LogP contribution >= 0.6 is 0 Å². The maximum absolute atomic E-state index is 13.0. The first-order valence-electron chi connectivity index (χ1n) is 24.9. The third-order valence-corrected chi connectivity index (χ3v) is 11.1. The number of aliphatic hydroxyl groups is 7. The van der Waals surface area contributed by atoms with Crippen LogP contribution < -0.4 is 0 Å². The molecule has 2 heterocycles. The Morgan fingerprint density at radius 1 is 0.485 bits per heavy atom. The van der Waals surface area contributed by atoms with Crippen LogP contribution in [-0.2, 0) is 38.0 Å². The smallest absolute Gasteiger partial charge is 0.306 e. The predicted octanol–water partition coefficient (Wildman–Crippen LogP) is 6.59. The van der Waals surface area contributed by atoms with Gasteiger partial charge in [0.25, 0.3) is 0 Å². The third kappa shape index (κ3) is 27.0. The molecule has 7 N–H and O–H groups in total. The summed E-state index contributed by atoms with van der Waals surface area (Å²) < 4.78 is 33.5. The topological polar surface area (TPSA) is 231 Å². The van der Waals surface area contributed by atoms with Crippen molar-refractivity contribution in [3.63, 3.8) is 0 Å². The standard InChI is InChI=1S/C53H84O15/c1-3-5-7-9-11-13-15-17-18-19-20-21-22-24-25-27-29-31-33-35-44(55)63-38-41(66-45(56)36-34-32-30-28-26-23-16-14-12-10-8-6-4-2)39-64-52-51(62)49(60)47(58)43(68-52)40-65-53-50(61)48(59)46(57)42(37-54)67-53/h5-8,10-14,16-18,20-21,24-25,41-43,46-54,57-62H,3-4,9,15,19,22-23,26-40H2,1-2H3/b7-5+,8-6+,12-10+,13-11+,16-14+,18-17+,21-20+,25-24+/t41?,42-,43-,46+,47+,48?,49?,50?,51?,52-,53-/m1/s1. The van der Waals surface area contributed by atoms with Crippen LogP contribution in [-0.4, -0.2) is 142 Å². The molecular weight excluding hydrogens is 877 g/mol. The molecule has 2 saturated heterocycles. The van der Waals surface area contributed by atoms with E-state index in [2.05, 4.69) is 86.8 Å². The maximum Gasteiger partial charge on any atom is 0.306 e. The minimum Gasteiger partial charge on any atom is -0.462 e. The van der Waals surface area contributed by atoms with Crippen molar-refractivity contribution in [3.8, 4) is 0 Å². The first-order valence-corrected chi connectivity index (χ1v) is 24.9. The lowest BCUT2D eigenvalue weighted by atomic mass is 9.98. The molecule has 2 rings (SSSR count). The number of rotatable bonds is 36. The fraction of sp³-hybridized carbons (Fsp3) is 0.660. The van der Waals surface area contributed by atoms with E-state index in [0.717, 1.165) is 89.9 Å². The van der Waals surface area contributed by atoms with Gasteiger partial charge in [0.15, 0.2) is 18.7 Å². The molecule has 0 radical (unpaired) electrons. The summed E-state index contributed by atoms with van der Waals surface area (Å²) in [5.74, 6) is -0.999. The lowest BCUT2D eigenvalue weighted by molar-refractivity contribution is -0.332. The minimum atomic E-state index is -1.78. The molecule has 0 bridgehead atoms. The highest BCUT2D eigenvalue weighted by molar-refractivity contribution is 5.70. The second-order valence-electron chi connectivity index (χ2n) is 16.9. The van der Waals surface area contributed by atoms with E-state index in [4.69, 9.17) is 28.4 Å². The van der Waals surface area contributed by atoms with Gasteiger partial charge in [-0.05, 0) is 77.0 Å². The van der Waals surface area contributed by atoms with Gasteiger partial charge < -0.3 is 64.2 Å². The van der Waals surface area contributed by atoms with Crippen molar-refractivity contribution in [2.24, 2.45) is 0 Å². The first kappa shape index (κ1) is 60.5. The number of allylic oxidation sites excluding steroid dienone is 16. The fourth-order valence-electron chi connectivity index (χ4n) is 7.06. The van der Waals surface area contributed by atoms with Crippen LogP contribution in [0.2, 0.25) is 0 Å². The largest absolute Gasteiger partial charge is 0.462 e. The Labute approximate surface area is 405 Å². The average molecular weight is 961 g/mol. The number of carbonyl (C=O) groups excluding carboxylic acids is 2. The van der Waals surface area contributed by atoms with E-state index in [9.17, 15) is 45.3 Å². The summed E-state index contributed by atoms with van der Waals surface area (Å²) in [5, 5.41) is 72.0. The molecular formula is C53H84O15.